The average Bonchev–Trinajstić information content (AvgIpc) is 3.71. The van der Waals surface area contributed by atoms with Crippen molar-refractivity contribution in [3.63, 3.8) is 0 Å². The normalized spacial score (nSPS) is 23.6. The number of amides is 1. The molecule has 0 aliphatic carbocycles. The van der Waals surface area contributed by atoms with Crippen LogP contribution in [0.3, 0.4) is 0 Å². The van der Waals surface area contributed by atoms with Gasteiger partial charge in [-0.1, -0.05) is 41.4 Å². The van der Waals surface area contributed by atoms with Crippen molar-refractivity contribution in [3.05, 3.63) is 75.0 Å². The first kappa shape index (κ1) is 33.5. The van der Waals surface area contributed by atoms with Crippen LogP contribution in [0.15, 0.2) is 42.5 Å². The Labute approximate surface area is 300 Å². The van der Waals surface area contributed by atoms with Crippen LogP contribution in [0.1, 0.15) is 52.0 Å². The molecule has 50 heavy (non-hydrogen) atoms. The Morgan fingerprint density at radius 3 is 2.36 bits per heavy atom. The van der Waals surface area contributed by atoms with E-state index in [0.29, 0.717) is 41.9 Å². The standard InChI is InChI=1S/C37H39Cl2FN4O6/c38-30-13-25(42-10-8-41(9-11-42)18-26-4-2-12-49-26)14-31(39)34(30)36(45)43-17-22-3-1-5-27(35(22)50-21-43)28-16-33(29(37(46)47)15-32(28)40)44-23-6-7-24(44)20-48-19-23/h1,3,5,13-16,23-24,26H,2,4,6-12,17-21H2,(H,46,47). The topological polar surface area (TPSA) is 95.0 Å². The lowest BCUT2D eigenvalue weighted by Crippen LogP contribution is -2.48. The maximum Gasteiger partial charge on any atom is 0.337 e. The van der Waals surface area contributed by atoms with E-state index in [2.05, 4.69) is 14.7 Å². The zero-order valence-electron chi connectivity index (χ0n) is 27.6. The van der Waals surface area contributed by atoms with Gasteiger partial charge in [-0.05, 0) is 49.9 Å². The third-order valence-electron chi connectivity index (χ3n) is 10.7. The first-order chi connectivity index (χ1) is 24.2. The Morgan fingerprint density at radius 1 is 0.940 bits per heavy atom. The summed E-state index contributed by atoms with van der Waals surface area (Å²) in [4.78, 5) is 34.4. The molecular formula is C37H39Cl2FN4O6. The highest BCUT2D eigenvalue weighted by atomic mass is 35.5. The summed E-state index contributed by atoms with van der Waals surface area (Å²) in [7, 11) is 0. The molecule has 1 N–H and O–H groups in total. The number of hydrogen-bond acceptors (Lipinski definition) is 8. The number of carbonyl (C=O) groups is 2. The second kappa shape index (κ2) is 13.8. The highest BCUT2D eigenvalue weighted by Crippen LogP contribution is 2.43. The molecule has 13 heteroatoms. The van der Waals surface area contributed by atoms with E-state index in [9.17, 15) is 14.7 Å². The van der Waals surface area contributed by atoms with Gasteiger partial charge in [-0.3, -0.25) is 9.69 Å². The van der Waals surface area contributed by atoms with Crippen molar-refractivity contribution < 1.29 is 33.3 Å². The molecule has 264 valence electrons. The van der Waals surface area contributed by atoms with Crippen LogP contribution in [0.2, 0.25) is 10.0 Å². The number of fused-ring (bicyclic) bond motifs is 3. The summed E-state index contributed by atoms with van der Waals surface area (Å²) >= 11 is 13.5. The van der Waals surface area contributed by atoms with Crippen LogP contribution in [-0.2, 0) is 16.0 Å². The Kier molecular flexibility index (Phi) is 9.28. The predicted molar refractivity (Wildman–Crippen MR) is 188 cm³/mol. The number of carboxylic acids is 1. The smallest absolute Gasteiger partial charge is 0.337 e. The minimum atomic E-state index is -1.19. The molecule has 0 saturated carbocycles. The summed E-state index contributed by atoms with van der Waals surface area (Å²) in [5, 5.41) is 10.5. The fraction of sp³-hybridized carbons (Fsp3) is 0.459. The molecule has 3 aromatic rings. The highest BCUT2D eigenvalue weighted by Gasteiger charge is 2.40. The first-order valence-electron chi connectivity index (χ1n) is 17.3. The Balaban J connectivity index is 1.01. The van der Waals surface area contributed by atoms with Crippen molar-refractivity contribution in [2.75, 3.05) is 69.1 Å². The lowest BCUT2D eigenvalue weighted by Gasteiger charge is -2.37. The second-order valence-electron chi connectivity index (χ2n) is 13.8. The number of morpholine rings is 1. The van der Waals surface area contributed by atoms with E-state index in [1.807, 2.05) is 6.07 Å². The van der Waals surface area contributed by atoms with Gasteiger partial charge in [0.05, 0.1) is 64.8 Å². The van der Waals surface area contributed by atoms with E-state index in [1.165, 1.54) is 4.90 Å². The van der Waals surface area contributed by atoms with Gasteiger partial charge in [0.15, 0.2) is 6.73 Å². The number of benzene rings is 3. The molecule has 10 nitrogen and oxygen atoms in total. The minimum absolute atomic E-state index is 0.0328. The number of carboxylic acid groups (broad SMARTS) is 1. The van der Waals surface area contributed by atoms with Gasteiger partial charge < -0.3 is 34.0 Å². The molecule has 4 saturated heterocycles. The van der Waals surface area contributed by atoms with Crippen molar-refractivity contribution >= 4 is 46.5 Å². The molecule has 4 fully saturated rings. The second-order valence-corrected chi connectivity index (χ2v) is 14.6. The number of aromatic carboxylic acids is 1. The van der Waals surface area contributed by atoms with Crippen LogP contribution in [0.5, 0.6) is 5.75 Å². The molecule has 0 radical (unpaired) electrons. The lowest BCUT2D eigenvalue weighted by atomic mass is 9.96. The van der Waals surface area contributed by atoms with Gasteiger partial charge in [0.2, 0.25) is 0 Å². The van der Waals surface area contributed by atoms with Crippen LogP contribution in [-0.4, -0.2) is 104 Å². The fourth-order valence-corrected chi connectivity index (χ4v) is 8.80. The maximum absolute atomic E-state index is 15.7. The number of halogens is 3. The zero-order chi connectivity index (χ0) is 34.5. The number of anilines is 2. The molecule has 3 atom stereocenters. The number of ether oxygens (including phenoxy) is 3. The third-order valence-corrected chi connectivity index (χ3v) is 11.3. The lowest BCUT2D eigenvalue weighted by molar-refractivity contribution is 0.0516. The summed E-state index contributed by atoms with van der Waals surface area (Å²) < 4.78 is 33.4. The van der Waals surface area contributed by atoms with Crippen molar-refractivity contribution in [1.29, 1.82) is 0 Å². The van der Waals surface area contributed by atoms with Gasteiger partial charge in [-0.2, -0.15) is 0 Å². The SMILES string of the molecule is O=C(O)c1cc(F)c(-c2cccc3c2OCN(C(=O)c2c(Cl)cc(N4CCN(CC5CCCO5)CC4)cc2Cl)C3)cc1N1C2CCC1COC2. The summed E-state index contributed by atoms with van der Waals surface area (Å²) in [6, 6.07) is 11.7. The highest BCUT2D eigenvalue weighted by molar-refractivity contribution is 6.40. The maximum atomic E-state index is 15.7. The molecule has 5 aliphatic heterocycles. The van der Waals surface area contributed by atoms with Gasteiger partial charge in [-0.25, -0.2) is 9.18 Å². The molecule has 5 heterocycles. The Hall–Kier alpha value is -3.61. The molecule has 0 spiro atoms. The summed E-state index contributed by atoms with van der Waals surface area (Å²) in [6.45, 7) is 6.36. The summed E-state index contributed by atoms with van der Waals surface area (Å²) in [5.74, 6) is -1.77. The van der Waals surface area contributed by atoms with Crippen LogP contribution in [0.25, 0.3) is 11.1 Å². The van der Waals surface area contributed by atoms with Gasteiger partial charge in [-0.15, -0.1) is 0 Å². The number of nitrogens with zero attached hydrogens (tertiary/aromatic N) is 4. The van der Waals surface area contributed by atoms with E-state index < -0.39 is 11.8 Å². The van der Waals surface area contributed by atoms with Crippen LogP contribution in [0.4, 0.5) is 15.8 Å². The van der Waals surface area contributed by atoms with Crippen LogP contribution >= 0.6 is 23.2 Å². The van der Waals surface area contributed by atoms with Crippen molar-refractivity contribution in [2.24, 2.45) is 0 Å². The monoisotopic (exact) mass is 724 g/mol. The molecule has 2 bridgehead atoms. The fourth-order valence-electron chi connectivity index (χ4n) is 8.16. The third kappa shape index (κ3) is 6.28. The van der Waals surface area contributed by atoms with Gasteiger partial charge in [0.1, 0.15) is 11.6 Å². The molecule has 1 amide bonds. The predicted octanol–water partition coefficient (Wildman–Crippen LogP) is 6.16. The number of hydrogen-bond donors (Lipinski definition) is 1. The largest absolute Gasteiger partial charge is 0.478 e. The van der Waals surface area contributed by atoms with E-state index in [0.717, 1.165) is 76.8 Å². The van der Waals surface area contributed by atoms with E-state index in [-0.39, 0.29) is 58.0 Å². The summed E-state index contributed by atoms with van der Waals surface area (Å²) in [5.41, 5.74) is 2.88. The molecule has 0 aromatic heterocycles. The Bertz CT molecular complexity index is 1780. The van der Waals surface area contributed by atoms with Crippen LogP contribution < -0.4 is 14.5 Å². The molecule has 3 aromatic carbocycles. The van der Waals surface area contributed by atoms with E-state index in [4.69, 9.17) is 37.4 Å². The first-order valence-corrected chi connectivity index (χ1v) is 18.1. The van der Waals surface area contributed by atoms with E-state index >= 15 is 4.39 Å². The van der Waals surface area contributed by atoms with Crippen LogP contribution in [0, 0.1) is 5.82 Å². The van der Waals surface area contributed by atoms with E-state index in [1.54, 1.807) is 30.3 Å². The summed E-state index contributed by atoms with van der Waals surface area (Å²) in [6.07, 6.45) is 4.34. The zero-order valence-corrected chi connectivity index (χ0v) is 29.1. The van der Waals surface area contributed by atoms with Crippen molar-refractivity contribution in [2.45, 2.75) is 50.4 Å². The van der Waals surface area contributed by atoms with Gasteiger partial charge in [0, 0.05) is 61.7 Å². The Morgan fingerprint density at radius 2 is 1.68 bits per heavy atom. The van der Waals surface area contributed by atoms with Gasteiger partial charge in [0.25, 0.3) is 5.91 Å². The molecule has 5 aliphatic rings. The van der Waals surface area contributed by atoms with Crippen molar-refractivity contribution in [3.8, 4) is 16.9 Å². The molecular weight excluding hydrogens is 686 g/mol. The number of rotatable bonds is 7. The molecule has 3 unspecified atom stereocenters. The number of carbonyl (C=O) groups excluding carboxylic acids is 1. The quantitative estimate of drug-likeness (QED) is 0.308. The average molecular weight is 726 g/mol. The van der Waals surface area contributed by atoms with Crippen molar-refractivity contribution in [1.82, 2.24) is 9.80 Å². The molecule has 8 rings (SSSR count). The number of piperazine rings is 1. The van der Waals surface area contributed by atoms with Gasteiger partial charge >= 0.3 is 5.97 Å². The minimum Gasteiger partial charge on any atom is -0.478 e. The number of para-hydroxylation sites is 1.